The Labute approximate surface area is 109 Å². The Kier molecular flexibility index (Phi) is 2.94. The number of piperidine rings is 1. The van der Waals surface area contributed by atoms with Crippen molar-refractivity contribution in [3.05, 3.63) is 23.8 Å². The number of hydrogen-bond acceptors (Lipinski definition) is 3. The molecule has 0 aromatic heterocycles. The van der Waals surface area contributed by atoms with Crippen LogP contribution in [0.3, 0.4) is 0 Å². The van der Waals surface area contributed by atoms with Crippen molar-refractivity contribution in [1.29, 1.82) is 0 Å². The van der Waals surface area contributed by atoms with Gasteiger partial charge in [0, 0.05) is 19.2 Å². The van der Waals surface area contributed by atoms with E-state index >= 15 is 0 Å². The molecule has 1 saturated heterocycles. The van der Waals surface area contributed by atoms with Gasteiger partial charge in [-0.1, -0.05) is 6.07 Å². The molecule has 0 atom stereocenters. The summed E-state index contributed by atoms with van der Waals surface area (Å²) in [6.45, 7) is 2.28. The Morgan fingerprint density at radius 1 is 1.22 bits per heavy atom. The third-order valence-corrected chi connectivity index (χ3v) is 4.35. The Morgan fingerprint density at radius 3 is 2.72 bits per heavy atom. The summed E-state index contributed by atoms with van der Waals surface area (Å²) in [5.41, 5.74) is 1.40. The van der Waals surface area contributed by atoms with Crippen molar-refractivity contribution in [1.82, 2.24) is 4.90 Å². The molecule has 3 heteroatoms. The molecule has 98 valence electrons. The van der Waals surface area contributed by atoms with Crippen molar-refractivity contribution in [3.8, 4) is 11.5 Å². The number of likely N-dealkylation sites (tertiary alicyclic amines) is 1. The van der Waals surface area contributed by atoms with Crippen molar-refractivity contribution in [3.63, 3.8) is 0 Å². The van der Waals surface area contributed by atoms with Crippen molar-refractivity contribution in [2.45, 2.75) is 31.3 Å². The van der Waals surface area contributed by atoms with Gasteiger partial charge in [-0.05, 0) is 44.4 Å². The number of rotatable bonds is 1. The van der Waals surface area contributed by atoms with E-state index < -0.39 is 0 Å². The Morgan fingerprint density at radius 2 is 2.00 bits per heavy atom. The lowest BCUT2D eigenvalue weighted by atomic mass is 9.83. The van der Waals surface area contributed by atoms with Gasteiger partial charge in [-0.3, -0.25) is 0 Å². The average Bonchev–Trinajstić information content (AvgIpc) is 2.41. The maximum absolute atomic E-state index is 6.34. The van der Waals surface area contributed by atoms with Crippen LogP contribution in [0, 0.1) is 0 Å². The van der Waals surface area contributed by atoms with Crippen LogP contribution >= 0.6 is 0 Å². The summed E-state index contributed by atoms with van der Waals surface area (Å²) in [7, 11) is 3.89. The summed E-state index contributed by atoms with van der Waals surface area (Å²) in [4.78, 5) is 2.38. The molecule has 0 bridgehead atoms. The minimum atomic E-state index is 0.0753. The highest BCUT2D eigenvalue weighted by atomic mass is 16.5. The first-order valence-corrected chi connectivity index (χ1v) is 6.75. The van der Waals surface area contributed by atoms with Crippen molar-refractivity contribution < 1.29 is 9.47 Å². The topological polar surface area (TPSA) is 21.7 Å². The van der Waals surface area contributed by atoms with E-state index in [1.807, 2.05) is 12.1 Å². The van der Waals surface area contributed by atoms with Crippen molar-refractivity contribution in [2.24, 2.45) is 0 Å². The highest BCUT2D eigenvalue weighted by Gasteiger charge is 2.38. The molecule has 3 rings (SSSR count). The first kappa shape index (κ1) is 11.8. The summed E-state index contributed by atoms with van der Waals surface area (Å²) < 4.78 is 11.6. The lowest BCUT2D eigenvalue weighted by Crippen LogP contribution is -2.48. The van der Waals surface area contributed by atoms with E-state index in [2.05, 4.69) is 18.0 Å². The fourth-order valence-electron chi connectivity index (χ4n) is 2.99. The molecule has 0 radical (unpaired) electrons. The summed E-state index contributed by atoms with van der Waals surface area (Å²) in [6, 6.07) is 6.19. The molecule has 0 amide bonds. The van der Waals surface area contributed by atoms with Gasteiger partial charge in [-0.2, -0.15) is 0 Å². The fourth-order valence-corrected chi connectivity index (χ4v) is 2.99. The fraction of sp³-hybridized carbons (Fsp3) is 0.600. The largest absolute Gasteiger partial charge is 0.497 e. The first-order valence-electron chi connectivity index (χ1n) is 6.75. The van der Waals surface area contributed by atoms with Gasteiger partial charge in [0.05, 0.1) is 7.11 Å². The van der Waals surface area contributed by atoms with Crippen LogP contribution in [0.15, 0.2) is 18.2 Å². The second kappa shape index (κ2) is 4.47. The SMILES string of the molecule is COc1ccc2c(c1)OC1(CC2)CCN(C)CC1. The van der Waals surface area contributed by atoms with Gasteiger partial charge in [0.15, 0.2) is 0 Å². The van der Waals surface area contributed by atoms with Crippen LogP contribution in [0.5, 0.6) is 11.5 Å². The van der Waals surface area contributed by atoms with E-state index in [9.17, 15) is 0 Å². The molecule has 3 nitrogen and oxygen atoms in total. The summed E-state index contributed by atoms with van der Waals surface area (Å²) >= 11 is 0. The summed E-state index contributed by atoms with van der Waals surface area (Å²) in [5, 5.41) is 0. The Hall–Kier alpha value is -1.22. The van der Waals surface area contributed by atoms with Gasteiger partial charge >= 0.3 is 0 Å². The molecular formula is C15H21NO2. The average molecular weight is 247 g/mol. The number of methoxy groups -OCH3 is 1. The summed E-state index contributed by atoms with van der Waals surface area (Å²) in [6.07, 6.45) is 4.56. The molecule has 18 heavy (non-hydrogen) atoms. The number of ether oxygens (including phenoxy) is 2. The van der Waals surface area contributed by atoms with Crippen LogP contribution in [0.1, 0.15) is 24.8 Å². The van der Waals surface area contributed by atoms with Crippen LogP contribution in [-0.2, 0) is 6.42 Å². The zero-order valence-corrected chi connectivity index (χ0v) is 11.2. The normalized spacial score (nSPS) is 22.3. The van der Waals surface area contributed by atoms with E-state index in [0.29, 0.717) is 0 Å². The van der Waals surface area contributed by atoms with Crippen molar-refractivity contribution in [2.75, 3.05) is 27.2 Å². The van der Waals surface area contributed by atoms with E-state index in [1.165, 1.54) is 5.56 Å². The van der Waals surface area contributed by atoms with Gasteiger partial charge in [0.1, 0.15) is 17.1 Å². The monoisotopic (exact) mass is 247 g/mol. The van der Waals surface area contributed by atoms with Crippen LogP contribution in [0.25, 0.3) is 0 Å². The minimum Gasteiger partial charge on any atom is -0.497 e. The molecule has 1 aromatic rings. The summed E-state index contributed by atoms with van der Waals surface area (Å²) in [5.74, 6) is 1.92. The lowest BCUT2D eigenvalue weighted by molar-refractivity contribution is -0.00890. The molecule has 0 N–H and O–H groups in total. The molecule has 0 aliphatic carbocycles. The van der Waals surface area contributed by atoms with Gasteiger partial charge in [-0.25, -0.2) is 0 Å². The molecule has 2 aliphatic heterocycles. The Balaban J connectivity index is 1.83. The quantitative estimate of drug-likeness (QED) is 0.761. The van der Waals surface area contributed by atoms with Gasteiger partial charge in [-0.15, -0.1) is 0 Å². The maximum Gasteiger partial charge on any atom is 0.127 e. The predicted octanol–water partition coefficient (Wildman–Crippen LogP) is 2.48. The zero-order chi connectivity index (χ0) is 12.6. The van der Waals surface area contributed by atoms with E-state index in [-0.39, 0.29) is 5.60 Å². The zero-order valence-electron chi connectivity index (χ0n) is 11.2. The number of fused-ring (bicyclic) bond motifs is 1. The Bertz CT molecular complexity index is 436. The van der Waals surface area contributed by atoms with E-state index in [1.54, 1.807) is 7.11 Å². The molecule has 0 saturated carbocycles. The van der Waals surface area contributed by atoms with E-state index in [4.69, 9.17) is 9.47 Å². The second-order valence-electron chi connectivity index (χ2n) is 5.56. The number of aryl methyl sites for hydroxylation is 1. The smallest absolute Gasteiger partial charge is 0.127 e. The number of benzene rings is 1. The molecule has 1 aromatic carbocycles. The molecule has 2 heterocycles. The van der Waals surface area contributed by atoms with E-state index in [0.717, 1.165) is 50.3 Å². The predicted molar refractivity (Wildman–Crippen MR) is 71.4 cm³/mol. The number of hydrogen-bond donors (Lipinski definition) is 0. The van der Waals surface area contributed by atoms with Gasteiger partial charge in [0.25, 0.3) is 0 Å². The second-order valence-corrected chi connectivity index (χ2v) is 5.56. The van der Waals surface area contributed by atoms with Crippen LogP contribution in [-0.4, -0.2) is 37.7 Å². The standard InChI is InChI=1S/C15H21NO2/c1-16-9-7-15(8-10-16)6-5-12-3-4-13(17-2)11-14(12)18-15/h3-4,11H,5-10H2,1-2H3. The number of nitrogens with zero attached hydrogens (tertiary/aromatic N) is 1. The molecular weight excluding hydrogens is 226 g/mol. The van der Waals surface area contributed by atoms with Crippen LogP contribution in [0.4, 0.5) is 0 Å². The molecule has 1 fully saturated rings. The third kappa shape index (κ3) is 2.07. The third-order valence-electron chi connectivity index (χ3n) is 4.35. The molecule has 2 aliphatic rings. The molecule has 1 spiro atoms. The van der Waals surface area contributed by atoms with Crippen molar-refractivity contribution >= 4 is 0 Å². The highest BCUT2D eigenvalue weighted by Crippen LogP contribution is 2.40. The molecule has 0 unspecified atom stereocenters. The lowest BCUT2D eigenvalue weighted by Gasteiger charge is -2.43. The maximum atomic E-state index is 6.34. The van der Waals surface area contributed by atoms with Crippen LogP contribution in [0.2, 0.25) is 0 Å². The van der Waals surface area contributed by atoms with Crippen LogP contribution < -0.4 is 9.47 Å². The minimum absolute atomic E-state index is 0.0753. The van der Waals surface area contributed by atoms with Gasteiger partial charge < -0.3 is 14.4 Å². The highest BCUT2D eigenvalue weighted by molar-refractivity contribution is 5.42. The first-order chi connectivity index (χ1) is 8.71. The van der Waals surface area contributed by atoms with Gasteiger partial charge in [0.2, 0.25) is 0 Å².